The number of hydrogen-bond donors (Lipinski definition) is 2. The van der Waals surface area contributed by atoms with Gasteiger partial charge >= 0.3 is 0 Å². The lowest BCUT2D eigenvalue weighted by Crippen LogP contribution is -2.47. The van der Waals surface area contributed by atoms with Gasteiger partial charge < -0.3 is 25.0 Å². The summed E-state index contributed by atoms with van der Waals surface area (Å²) in [6.45, 7) is 11.0. The molecule has 164 valence electrons. The van der Waals surface area contributed by atoms with Gasteiger partial charge in [0.15, 0.2) is 5.96 Å². The molecule has 0 radical (unpaired) electrons. The van der Waals surface area contributed by atoms with E-state index in [4.69, 9.17) is 14.5 Å². The van der Waals surface area contributed by atoms with Crippen molar-refractivity contribution in [2.24, 2.45) is 4.99 Å². The largest absolute Gasteiger partial charge is 0.497 e. The van der Waals surface area contributed by atoms with Crippen LogP contribution in [-0.4, -0.2) is 81.8 Å². The van der Waals surface area contributed by atoms with Gasteiger partial charge in [-0.2, -0.15) is 0 Å². The molecule has 1 aromatic carbocycles. The van der Waals surface area contributed by atoms with Gasteiger partial charge in [-0.05, 0) is 59.0 Å². The number of likely N-dealkylation sites (N-methyl/N-ethyl adjacent to an activating group) is 1. The quantitative estimate of drug-likeness (QED) is 0.485. The predicted octanol–water partition coefficient (Wildman–Crippen LogP) is 2.17. The second-order valence-electron chi connectivity index (χ2n) is 8.49. The van der Waals surface area contributed by atoms with Crippen molar-refractivity contribution in [1.82, 2.24) is 20.4 Å². The van der Waals surface area contributed by atoms with Crippen molar-refractivity contribution in [2.75, 3.05) is 54.5 Å². The van der Waals surface area contributed by atoms with Gasteiger partial charge in [0.25, 0.3) is 0 Å². The molecule has 1 aliphatic heterocycles. The number of ether oxygens (including phenoxy) is 2. The van der Waals surface area contributed by atoms with Crippen molar-refractivity contribution in [3.8, 4) is 11.5 Å². The second-order valence-corrected chi connectivity index (χ2v) is 8.49. The van der Waals surface area contributed by atoms with E-state index in [0.29, 0.717) is 6.04 Å². The highest BCUT2D eigenvalue weighted by Crippen LogP contribution is 2.24. The topological polar surface area (TPSA) is 61.4 Å². The third-order valence-electron chi connectivity index (χ3n) is 5.61. The van der Waals surface area contributed by atoms with Gasteiger partial charge in [-0.25, -0.2) is 0 Å². The zero-order valence-corrected chi connectivity index (χ0v) is 19.2. The number of likely N-dealkylation sites (tertiary alicyclic amines) is 1. The number of rotatable bonds is 9. The normalized spacial score (nSPS) is 18.2. The molecule has 29 heavy (non-hydrogen) atoms. The smallest absolute Gasteiger partial charge is 0.191 e. The summed E-state index contributed by atoms with van der Waals surface area (Å²) < 4.78 is 10.8. The molecule has 7 nitrogen and oxygen atoms in total. The van der Waals surface area contributed by atoms with Crippen LogP contribution in [0.2, 0.25) is 0 Å². The molecule has 0 amide bonds. The Hall–Kier alpha value is -1.99. The molecule has 1 saturated heterocycles. The number of nitrogens with zero attached hydrogens (tertiary/aromatic N) is 3. The van der Waals surface area contributed by atoms with Crippen LogP contribution >= 0.6 is 0 Å². The van der Waals surface area contributed by atoms with Gasteiger partial charge in [-0.3, -0.25) is 9.89 Å². The number of hydrogen-bond acceptors (Lipinski definition) is 5. The fraction of sp³-hybridized carbons (Fsp3) is 0.682. The molecule has 1 unspecified atom stereocenters. The average Bonchev–Trinajstić information content (AvgIpc) is 3.12. The maximum absolute atomic E-state index is 5.40. The molecule has 2 N–H and O–H groups in total. The fourth-order valence-corrected chi connectivity index (χ4v) is 3.24. The molecule has 0 saturated carbocycles. The van der Waals surface area contributed by atoms with E-state index in [1.807, 2.05) is 6.07 Å². The Morgan fingerprint density at radius 3 is 2.41 bits per heavy atom. The first kappa shape index (κ1) is 23.3. The molecular formula is C22H39N5O2. The minimum atomic E-state index is 0.0233. The minimum Gasteiger partial charge on any atom is -0.497 e. The Balaban J connectivity index is 1.95. The molecule has 1 aliphatic rings. The minimum absolute atomic E-state index is 0.0233. The van der Waals surface area contributed by atoms with Crippen molar-refractivity contribution in [1.29, 1.82) is 0 Å². The van der Waals surface area contributed by atoms with Crippen LogP contribution in [0.1, 0.15) is 32.8 Å². The Labute approximate surface area is 176 Å². The third-order valence-corrected chi connectivity index (χ3v) is 5.61. The summed E-state index contributed by atoms with van der Waals surface area (Å²) >= 11 is 0. The zero-order valence-electron chi connectivity index (χ0n) is 19.2. The van der Waals surface area contributed by atoms with Crippen molar-refractivity contribution in [3.05, 3.63) is 23.8 Å². The summed E-state index contributed by atoms with van der Waals surface area (Å²) in [5.41, 5.74) is 1.23. The Kier molecular flexibility index (Phi) is 8.59. The van der Waals surface area contributed by atoms with E-state index in [-0.39, 0.29) is 5.54 Å². The summed E-state index contributed by atoms with van der Waals surface area (Å²) in [6, 6.07) is 6.46. The third kappa shape index (κ3) is 7.08. The maximum Gasteiger partial charge on any atom is 0.191 e. The van der Waals surface area contributed by atoms with Gasteiger partial charge in [0.05, 0.1) is 20.8 Å². The predicted molar refractivity (Wildman–Crippen MR) is 120 cm³/mol. The monoisotopic (exact) mass is 405 g/mol. The van der Waals surface area contributed by atoms with E-state index in [1.165, 1.54) is 5.56 Å². The average molecular weight is 406 g/mol. The zero-order chi connectivity index (χ0) is 21.4. The first-order chi connectivity index (χ1) is 13.8. The van der Waals surface area contributed by atoms with Crippen LogP contribution in [0.25, 0.3) is 0 Å². The van der Waals surface area contributed by atoms with Gasteiger partial charge in [-0.1, -0.05) is 0 Å². The first-order valence-electron chi connectivity index (χ1n) is 10.4. The van der Waals surface area contributed by atoms with E-state index in [9.17, 15) is 0 Å². The van der Waals surface area contributed by atoms with Gasteiger partial charge in [-0.15, -0.1) is 0 Å². The number of benzene rings is 1. The van der Waals surface area contributed by atoms with Crippen LogP contribution in [0, 0.1) is 0 Å². The molecule has 1 fully saturated rings. The Morgan fingerprint density at radius 2 is 1.86 bits per heavy atom. The lowest BCUT2D eigenvalue weighted by atomic mass is 10.1. The van der Waals surface area contributed by atoms with E-state index in [0.717, 1.165) is 56.6 Å². The van der Waals surface area contributed by atoms with Gasteiger partial charge in [0.1, 0.15) is 11.5 Å². The van der Waals surface area contributed by atoms with Gasteiger partial charge in [0.2, 0.25) is 0 Å². The number of methoxy groups -OCH3 is 2. The van der Waals surface area contributed by atoms with Crippen LogP contribution in [0.5, 0.6) is 11.5 Å². The molecular weight excluding hydrogens is 366 g/mol. The van der Waals surface area contributed by atoms with Crippen molar-refractivity contribution in [2.45, 2.75) is 45.3 Å². The van der Waals surface area contributed by atoms with Crippen LogP contribution < -0.4 is 20.1 Å². The highest BCUT2D eigenvalue weighted by molar-refractivity contribution is 5.80. The van der Waals surface area contributed by atoms with E-state index in [1.54, 1.807) is 14.2 Å². The van der Waals surface area contributed by atoms with E-state index < -0.39 is 0 Å². The van der Waals surface area contributed by atoms with Crippen LogP contribution in [-0.2, 0) is 6.54 Å². The van der Waals surface area contributed by atoms with Crippen molar-refractivity contribution >= 4 is 5.96 Å². The van der Waals surface area contributed by atoms with Crippen LogP contribution in [0.15, 0.2) is 23.2 Å². The Bertz CT molecular complexity index is 653. The molecule has 0 aliphatic carbocycles. The molecule has 0 aromatic heterocycles. The molecule has 1 heterocycles. The summed E-state index contributed by atoms with van der Waals surface area (Å²) in [6.07, 6.45) is 1.10. The number of aliphatic imine (C=N–C) groups is 1. The highest BCUT2D eigenvalue weighted by atomic mass is 16.5. The number of nitrogens with one attached hydrogen (secondary N) is 2. The molecule has 0 spiro atoms. The van der Waals surface area contributed by atoms with Gasteiger partial charge in [0, 0.05) is 43.8 Å². The number of guanidine groups is 1. The first-order valence-corrected chi connectivity index (χ1v) is 10.4. The van der Waals surface area contributed by atoms with Crippen molar-refractivity contribution < 1.29 is 9.47 Å². The van der Waals surface area contributed by atoms with Crippen molar-refractivity contribution in [3.63, 3.8) is 0 Å². The van der Waals surface area contributed by atoms with E-state index in [2.05, 4.69) is 67.4 Å². The summed E-state index contributed by atoms with van der Waals surface area (Å²) in [5, 5.41) is 7.00. The van der Waals surface area contributed by atoms with Crippen LogP contribution in [0.4, 0.5) is 0 Å². The summed E-state index contributed by atoms with van der Waals surface area (Å²) in [5.74, 6) is 2.56. The molecule has 7 heteroatoms. The van der Waals surface area contributed by atoms with Crippen LogP contribution in [0.3, 0.4) is 0 Å². The molecule has 2 rings (SSSR count). The lowest BCUT2D eigenvalue weighted by molar-refractivity contribution is 0.204. The SMILES string of the molecule is CCNC(=NCC(C)(C)N(C)C)NC1CCN(Cc2cc(OC)cc(OC)c2)C1. The maximum atomic E-state index is 5.40. The summed E-state index contributed by atoms with van der Waals surface area (Å²) in [7, 11) is 7.57. The standard InChI is InChI=1S/C22H39N5O2/c1-8-23-21(24-16-22(2,3)26(4)5)25-18-9-10-27(15-18)14-17-11-19(28-6)13-20(12-17)29-7/h11-13,18H,8-10,14-16H2,1-7H3,(H2,23,24,25). The van der Waals surface area contributed by atoms with E-state index >= 15 is 0 Å². The Morgan fingerprint density at radius 1 is 1.21 bits per heavy atom. The second kappa shape index (κ2) is 10.7. The summed E-state index contributed by atoms with van der Waals surface area (Å²) in [4.78, 5) is 9.49. The lowest BCUT2D eigenvalue weighted by Gasteiger charge is -2.31. The highest BCUT2D eigenvalue weighted by Gasteiger charge is 2.24. The fourth-order valence-electron chi connectivity index (χ4n) is 3.24. The molecule has 0 bridgehead atoms. The molecule has 1 aromatic rings. The molecule has 1 atom stereocenters.